The first-order valence-corrected chi connectivity index (χ1v) is 18.0. The van der Waals surface area contributed by atoms with E-state index in [-0.39, 0.29) is 17.3 Å². The Morgan fingerprint density at radius 2 is 0.977 bits per heavy atom. The fraction of sp³-hybridized carbons (Fsp3) is 0.667. The number of carbonyl (C=O) groups excluding carboxylic acids is 2. The number of aryl methyl sites for hydroxylation is 1. The molecule has 0 unspecified atom stereocenters. The van der Waals surface area contributed by atoms with Crippen molar-refractivity contribution in [3.05, 3.63) is 46.5 Å². The molecular weight excluding hydrogens is 546 g/mol. The van der Waals surface area contributed by atoms with E-state index in [1.807, 2.05) is 13.0 Å². The van der Waals surface area contributed by atoms with Crippen LogP contribution in [-0.4, -0.2) is 29.3 Å². The third-order valence-electron chi connectivity index (χ3n) is 8.97. The molecule has 0 spiro atoms. The van der Waals surface area contributed by atoms with Gasteiger partial charge in [-0.2, -0.15) is 0 Å². The molecule has 5 nitrogen and oxygen atoms in total. The van der Waals surface area contributed by atoms with Gasteiger partial charge in [0.2, 0.25) is 0 Å². The van der Waals surface area contributed by atoms with Gasteiger partial charge < -0.3 is 10.4 Å². The maximum Gasteiger partial charge on any atom is 0.336 e. The number of rotatable bonds is 26. The van der Waals surface area contributed by atoms with Gasteiger partial charge in [-0.15, -0.1) is 0 Å². The van der Waals surface area contributed by atoms with Crippen molar-refractivity contribution in [1.82, 2.24) is 5.32 Å². The lowest BCUT2D eigenvalue weighted by Crippen LogP contribution is -2.25. The summed E-state index contributed by atoms with van der Waals surface area (Å²) in [4.78, 5) is 38.9. The van der Waals surface area contributed by atoms with Gasteiger partial charge in [-0.1, -0.05) is 148 Å². The minimum atomic E-state index is -1.08. The van der Waals surface area contributed by atoms with Crippen molar-refractivity contribution < 1.29 is 19.5 Å². The second kappa shape index (κ2) is 22.8. The molecule has 0 saturated heterocycles. The van der Waals surface area contributed by atoms with Crippen LogP contribution in [0.4, 0.5) is 0 Å². The standard InChI is InChI=1S/C39H61NO4/c1-4-6-8-10-12-14-16-17-19-21-23-25-35(41)32-27-26-31(3)36-33(28-29-34(37(32)36)39(43)44)38(42)40-30-24-22-20-18-15-13-11-9-7-5-2/h26-29H,4-25,30H2,1-3H3,(H,40,42)(H,43,44). The van der Waals surface area contributed by atoms with Crippen LogP contribution in [0.2, 0.25) is 0 Å². The van der Waals surface area contributed by atoms with Gasteiger partial charge in [0.1, 0.15) is 0 Å². The van der Waals surface area contributed by atoms with E-state index < -0.39 is 5.97 Å². The molecule has 5 heteroatoms. The summed E-state index contributed by atoms with van der Waals surface area (Å²) in [7, 11) is 0. The Hall–Kier alpha value is -2.69. The topological polar surface area (TPSA) is 83.5 Å². The first-order chi connectivity index (χ1) is 21.4. The highest BCUT2D eigenvalue weighted by Gasteiger charge is 2.22. The van der Waals surface area contributed by atoms with Gasteiger partial charge >= 0.3 is 5.97 Å². The number of aromatic carboxylic acids is 1. The van der Waals surface area contributed by atoms with Gasteiger partial charge in [0, 0.05) is 29.5 Å². The molecule has 0 aliphatic heterocycles. The highest BCUT2D eigenvalue weighted by Crippen LogP contribution is 2.31. The SMILES string of the molecule is CCCCCCCCCCCCCC(=O)c1ccc(C)c2c(C(=O)NCCCCCCCCCCCC)ccc(C(=O)O)c12. The molecule has 2 N–H and O–H groups in total. The fourth-order valence-corrected chi connectivity index (χ4v) is 6.26. The van der Waals surface area contributed by atoms with Crippen molar-refractivity contribution in [2.75, 3.05) is 6.54 Å². The molecule has 0 bridgehead atoms. The number of Topliss-reactive ketones (excluding diaryl/α,β-unsaturated/α-hetero) is 1. The molecule has 2 aromatic rings. The second-order valence-electron chi connectivity index (χ2n) is 12.8. The van der Waals surface area contributed by atoms with Gasteiger partial charge in [-0.25, -0.2) is 4.79 Å². The molecule has 0 aliphatic carbocycles. The molecule has 0 heterocycles. The summed E-state index contributed by atoms with van der Waals surface area (Å²) in [5.41, 5.74) is 1.74. The third kappa shape index (κ3) is 13.5. The summed E-state index contributed by atoms with van der Waals surface area (Å²) >= 11 is 0. The monoisotopic (exact) mass is 607 g/mol. The number of fused-ring (bicyclic) bond motifs is 1. The summed E-state index contributed by atoms with van der Waals surface area (Å²) in [6.07, 6.45) is 26.1. The molecular formula is C39H61NO4. The first-order valence-electron chi connectivity index (χ1n) is 18.0. The van der Waals surface area contributed by atoms with Crippen LogP contribution in [0, 0.1) is 6.92 Å². The van der Waals surface area contributed by atoms with E-state index in [1.54, 1.807) is 12.1 Å². The van der Waals surface area contributed by atoms with E-state index in [2.05, 4.69) is 19.2 Å². The number of carboxylic acids is 1. The van der Waals surface area contributed by atoms with E-state index in [4.69, 9.17) is 0 Å². The zero-order valence-corrected chi connectivity index (χ0v) is 28.2. The van der Waals surface area contributed by atoms with Crippen molar-refractivity contribution in [1.29, 1.82) is 0 Å². The molecule has 2 aromatic carbocycles. The number of nitrogens with one attached hydrogen (secondary N) is 1. The molecule has 44 heavy (non-hydrogen) atoms. The molecule has 246 valence electrons. The van der Waals surface area contributed by atoms with Gasteiger partial charge in [0.15, 0.2) is 5.78 Å². The van der Waals surface area contributed by atoms with Crippen molar-refractivity contribution in [2.24, 2.45) is 0 Å². The van der Waals surface area contributed by atoms with Gasteiger partial charge in [0.25, 0.3) is 5.91 Å². The maximum atomic E-state index is 13.4. The first kappa shape index (κ1) is 37.5. The molecule has 0 saturated carbocycles. The van der Waals surface area contributed by atoms with Gasteiger partial charge in [-0.3, -0.25) is 9.59 Å². The Bertz CT molecular complexity index is 1140. The highest BCUT2D eigenvalue weighted by molar-refractivity contribution is 6.20. The van der Waals surface area contributed by atoms with Gasteiger partial charge in [0.05, 0.1) is 5.56 Å². The maximum absolute atomic E-state index is 13.4. The predicted octanol–water partition coefficient (Wildman–Crippen LogP) is 11.4. The summed E-state index contributed by atoms with van der Waals surface area (Å²) in [5, 5.41) is 14.0. The van der Waals surface area contributed by atoms with E-state index in [1.165, 1.54) is 109 Å². The van der Waals surface area contributed by atoms with Gasteiger partial charge in [-0.05, 0) is 42.8 Å². The Morgan fingerprint density at radius 3 is 1.48 bits per heavy atom. The highest BCUT2D eigenvalue weighted by atomic mass is 16.4. The number of unbranched alkanes of at least 4 members (excludes halogenated alkanes) is 19. The summed E-state index contributed by atoms with van der Waals surface area (Å²) in [6, 6.07) is 6.68. The molecule has 0 atom stereocenters. The van der Waals surface area contributed by atoms with Crippen molar-refractivity contribution in [3.63, 3.8) is 0 Å². The van der Waals surface area contributed by atoms with Crippen LogP contribution >= 0.6 is 0 Å². The Balaban J connectivity index is 1.91. The smallest absolute Gasteiger partial charge is 0.336 e. The molecule has 2 rings (SSSR count). The van der Waals surface area contributed by atoms with Crippen LogP contribution in [0.1, 0.15) is 192 Å². The Labute approximate surface area is 268 Å². The number of benzene rings is 2. The lowest BCUT2D eigenvalue weighted by Gasteiger charge is -2.15. The van der Waals surface area contributed by atoms with Crippen LogP contribution in [0.15, 0.2) is 24.3 Å². The number of hydrogen-bond acceptors (Lipinski definition) is 3. The average Bonchev–Trinajstić information content (AvgIpc) is 3.01. The molecule has 0 fully saturated rings. The lowest BCUT2D eigenvalue weighted by molar-refractivity contribution is 0.0698. The van der Waals surface area contributed by atoms with E-state index in [0.29, 0.717) is 34.9 Å². The molecule has 1 amide bonds. The summed E-state index contributed by atoms with van der Waals surface area (Å²) in [6.45, 7) is 6.96. The molecule has 0 aliphatic rings. The largest absolute Gasteiger partial charge is 0.478 e. The average molecular weight is 608 g/mol. The number of carboxylic acid groups (broad SMARTS) is 1. The van der Waals surface area contributed by atoms with Crippen LogP contribution in [0.25, 0.3) is 10.8 Å². The zero-order valence-electron chi connectivity index (χ0n) is 28.2. The quantitative estimate of drug-likeness (QED) is 0.0823. The van der Waals surface area contributed by atoms with Crippen molar-refractivity contribution in [3.8, 4) is 0 Å². The van der Waals surface area contributed by atoms with Crippen LogP contribution in [0.3, 0.4) is 0 Å². The second-order valence-corrected chi connectivity index (χ2v) is 12.8. The van der Waals surface area contributed by atoms with Crippen LogP contribution < -0.4 is 5.32 Å². The minimum absolute atomic E-state index is 0.0451. The molecule has 0 radical (unpaired) electrons. The number of hydrogen-bond donors (Lipinski definition) is 2. The van der Waals surface area contributed by atoms with E-state index in [9.17, 15) is 19.5 Å². The number of carbonyl (C=O) groups is 3. The van der Waals surface area contributed by atoms with Crippen LogP contribution in [0.5, 0.6) is 0 Å². The fourth-order valence-electron chi connectivity index (χ4n) is 6.26. The van der Waals surface area contributed by atoms with E-state index >= 15 is 0 Å². The molecule has 0 aromatic heterocycles. The van der Waals surface area contributed by atoms with Crippen molar-refractivity contribution >= 4 is 28.4 Å². The number of ketones is 1. The van der Waals surface area contributed by atoms with Crippen molar-refractivity contribution in [2.45, 2.75) is 162 Å². The van der Waals surface area contributed by atoms with E-state index in [0.717, 1.165) is 37.7 Å². The summed E-state index contributed by atoms with van der Waals surface area (Å²) < 4.78 is 0. The Morgan fingerprint density at radius 1 is 0.545 bits per heavy atom. The zero-order chi connectivity index (χ0) is 32.0. The predicted molar refractivity (Wildman–Crippen MR) is 185 cm³/mol. The Kier molecular flexibility index (Phi) is 19.4. The van der Waals surface area contributed by atoms with Crippen LogP contribution in [-0.2, 0) is 0 Å². The minimum Gasteiger partial charge on any atom is -0.478 e. The third-order valence-corrected chi connectivity index (χ3v) is 8.97. The lowest BCUT2D eigenvalue weighted by atomic mass is 9.89. The number of amides is 1. The normalized spacial score (nSPS) is 11.2. The summed E-state index contributed by atoms with van der Waals surface area (Å²) in [5.74, 6) is -1.33.